The lowest BCUT2D eigenvalue weighted by Gasteiger charge is -2.26. The molecule has 0 aromatic heterocycles. The van der Waals surface area contributed by atoms with Crippen LogP contribution in [-0.2, 0) is 4.79 Å². The number of amides is 1. The summed E-state index contributed by atoms with van der Waals surface area (Å²) in [6, 6.07) is 25.6. The van der Waals surface area contributed by atoms with Gasteiger partial charge in [-0.25, -0.2) is 0 Å². The Morgan fingerprint density at radius 3 is 2.00 bits per heavy atom. The number of para-hydroxylation sites is 1. The second-order valence-corrected chi connectivity index (χ2v) is 6.22. The molecule has 0 aliphatic rings. The summed E-state index contributed by atoms with van der Waals surface area (Å²) in [5.74, 6) is 0.0336. The maximum Gasteiger partial charge on any atom is 0.247 e. The lowest BCUT2D eigenvalue weighted by molar-refractivity contribution is -0.117. The molecule has 0 fully saturated rings. The van der Waals surface area contributed by atoms with Crippen LogP contribution in [0.1, 0.15) is 18.4 Å². The largest absolute Gasteiger partial charge is 0.508 e. The minimum Gasteiger partial charge on any atom is -0.508 e. The van der Waals surface area contributed by atoms with E-state index in [1.807, 2.05) is 67.6 Å². The Hall–Kier alpha value is -3.27. The van der Waals surface area contributed by atoms with Crippen molar-refractivity contribution < 1.29 is 9.90 Å². The first-order valence-corrected chi connectivity index (χ1v) is 8.60. The van der Waals surface area contributed by atoms with Crippen molar-refractivity contribution in [2.24, 2.45) is 0 Å². The third-order valence-electron chi connectivity index (χ3n) is 4.34. The fraction of sp³-hybridized carbons (Fsp3) is 0.136. The van der Waals surface area contributed by atoms with E-state index < -0.39 is 6.04 Å². The summed E-state index contributed by atoms with van der Waals surface area (Å²) in [5, 5.41) is 15.7. The van der Waals surface area contributed by atoms with Crippen LogP contribution >= 0.6 is 0 Å². The Labute approximate surface area is 153 Å². The van der Waals surface area contributed by atoms with E-state index in [2.05, 4.69) is 10.6 Å². The van der Waals surface area contributed by atoms with E-state index in [1.165, 1.54) is 0 Å². The van der Waals surface area contributed by atoms with E-state index in [-0.39, 0.29) is 17.6 Å². The first-order valence-electron chi connectivity index (χ1n) is 8.60. The summed E-state index contributed by atoms with van der Waals surface area (Å²) in [6.45, 7) is 2.03. The molecule has 3 aromatic carbocycles. The second kappa shape index (κ2) is 8.21. The normalized spacial score (nSPS) is 12.8. The van der Waals surface area contributed by atoms with Crippen molar-refractivity contribution >= 4 is 17.3 Å². The molecular formula is C22H22N2O2. The number of nitrogens with one attached hydrogen (secondary N) is 2. The number of phenols is 1. The van der Waals surface area contributed by atoms with Crippen molar-refractivity contribution in [3.63, 3.8) is 0 Å². The Kier molecular flexibility index (Phi) is 5.54. The number of hydrogen-bond donors (Lipinski definition) is 3. The van der Waals surface area contributed by atoms with Crippen LogP contribution in [0.2, 0.25) is 0 Å². The Morgan fingerprint density at radius 2 is 1.38 bits per heavy atom. The predicted octanol–water partition coefficient (Wildman–Crippen LogP) is 4.62. The van der Waals surface area contributed by atoms with Crippen molar-refractivity contribution in [2.45, 2.75) is 18.9 Å². The Morgan fingerprint density at radius 1 is 0.808 bits per heavy atom. The third-order valence-corrected chi connectivity index (χ3v) is 4.34. The van der Waals surface area contributed by atoms with E-state index in [0.717, 1.165) is 16.9 Å². The molecule has 0 bridgehead atoms. The summed E-state index contributed by atoms with van der Waals surface area (Å²) < 4.78 is 0. The Bertz CT molecular complexity index is 833. The SMILES string of the molecule is C[C@@H](c1ccccc1)[C@H](Nc1ccc(O)cc1)C(=O)Nc1ccccc1. The van der Waals surface area contributed by atoms with E-state index in [0.29, 0.717) is 0 Å². The van der Waals surface area contributed by atoms with E-state index in [9.17, 15) is 9.90 Å². The fourth-order valence-corrected chi connectivity index (χ4v) is 2.85. The van der Waals surface area contributed by atoms with Crippen LogP contribution in [0.25, 0.3) is 0 Å². The monoisotopic (exact) mass is 346 g/mol. The minimum atomic E-state index is -0.470. The Balaban J connectivity index is 1.85. The maximum absolute atomic E-state index is 13.0. The molecule has 4 heteroatoms. The zero-order valence-electron chi connectivity index (χ0n) is 14.6. The van der Waals surface area contributed by atoms with Gasteiger partial charge in [-0.1, -0.05) is 55.5 Å². The van der Waals surface area contributed by atoms with Gasteiger partial charge in [-0.3, -0.25) is 4.79 Å². The lowest BCUT2D eigenvalue weighted by atomic mass is 9.92. The predicted molar refractivity (Wildman–Crippen MR) is 105 cm³/mol. The van der Waals surface area contributed by atoms with Crippen LogP contribution in [0.5, 0.6) is 5.75 Å². The maximum atomic E-state index is 13.0. The molecule has 0 aliphatic carbocycles. The highest BCUT2D eigenvalue weighted by Gasteiger charge is 2.26. The topological polar surface area (TPSA) is 61.4 Å². The van der Waals surface area contributed by atoms with Gasteiger partial charge in [-0.15, -0.1) is 0 Å². The molecule has 0 aliphatic heterocycles. The number of phenolic OH excluding ortho intramolecular Hbond substituents is 1. The number of hydrogen-bond acceptors (Lipinski definition) is 3. The fourth-order valence-electron chi connectivity index (χ4n) is 2.85. The summed E-state index contributed by atoms with van der Waals surface area (Å²) >= 11 is 0. The quantitative estimate of drug-likeness (QED) is 0.571. The highest BCUT2D eigenvalue weighted by Crippen LogP contribution is 2.24. The molecule has 0 radical (unpaired) electrons. The van der Waals surface area contributed by atoms with Gasteiger partial charge in [-0.2, -0.15) is 0 Å². The molecule has 3 aromatic rings. The van der Waals surface area contributed by atoms with Crippen molar-refractivity contribution in [1.82, 2.24) is 0 Å². The zero-order chi connectivity index (χ0) is 18.4. The zero-order valence-corrected chi connectivity index (χ0v) is 14.6. The molecular weight excluding hydrogens is 324 g/mol. The standard InChI is InChI=1S/C22H22N2O2/c1-16(17-8-4-2-5-9-17)21(23-19-12-14-20(25)15-13-19)22(26)24-18-10-6-3-7-11-18/h2-16,21,23,25H,1H3,(H,24,26)/t16-,21-/m0/s1. The van der Waals surface area contributed by atoms with Gasteiger partial charge in [0.05, 0.1) is 0 Å². The van der Waals surface area contributed by atoms with Gasteiger partial charge >= 0.3 is 0 Å². The molecule has 3 rings (SSSR count). The van der Waals surface area contributed by atoms with E-state index >= 15 is 0 Å². The molecule has 3 N–H and O–H groups in total. The van der Waals surface area contributed by atoms with Crippen molar-refractivity contribution in [3.05, 3.63) is 90.5 Å². The van der Waals surface area contributed by atoms with E-state index in [1.54, 1.807) is 24.3 Å². The average molecular weight is 346 g/mol. The molecule has 0 saturated carbocycles. The summed E-state index contributed by atoms with van der Waals surface area (Å²) in [7, 11) is 0. The summed E-state index contributed by atoms with van der Waals surface area (Å²) in [4.78, 5) is 13.0. The van der Waals surface area contributed by atoms with Crippen LogP contribution in [0, 0.1) is 0 Å². The molecule has 4 nitrogen and oxygen atoms in total. The van der Waals surface area contributed by atoms with Gasteiger partial charge in [0.15, 0.2) is 0 Å². The van der Waals surface area contributed by atoms with Crippen molar-refractivity contribution in [1.29, 1.82) is 0 Å². The number of rotatable bonds is 6. The highest BCUT2D eigenvalue weighted by atomic mass is 16.3. The van der Waals surface area contributed by atoms with Gasteiger partial charge in [0.2, 0.25) is 5.91 Å². The van der Waals surface area contributed by atoms with Crippen LogP contribution in [0.15, 0.2) is 84.9 Å². The number of benzene rings is 3. The molecule has 0 unspecified atom stereocenters. The van der Waals surface area contributed by atoms with E-state index in [4.69, 9.17) is 0 Å². The highest BCUT2D eigenvalue weighted by molar-refractivity contribution is 5.97. The molecule has 2 atom stereocenters. The average Bonchev–Trinajstić information content (AvgIpc) is 2.68. The number of anilines is 2. The van der Waals surface area contributed by atoms with Crippen LogP contribution in [0.3, 0.4) is 0 Å². The first-order chi connectivity index (χ1) is 12.6. The molecule has 26 heavy (non-hydrogen) atoms. The second-order valence-electron chi connectivity index (χ2n) is 6.22. The first kappa shape index (κ1) is 17.5. The van der Waals surface area contributed by atoms with Gasteiger partial charge < -0.3 is 15.7 Å². The summed E-state index contributed by atoms with van der Waals surface area (Å²) in [6.07, 6.45) is 0. The summed E-state index contributed by atoms with van der Waals surface area (Å²) in [5.41, 5.74) is 2.61. The van der Waals surface area contributed by atoms with Crippen LogP contribution in [0.4, 0.5) is 11.4 Å². The van der Waals surface area contributed by atoms with Gasteiger partial charge in [0, 0.05) is 17.3 Å². The number of carbonyl (C=O) groups excluding carboxylic acids is 1. The molecule has 1 amide bonds. The molecule has 0 spiro atoms. The molecule has 132 valence electrons. The number of aromatic hydroxyl groups is 1. The van der Waals surface area contributed by atoms with Gasteiger partial charge in [0.25, 0.3) is 0 Å². The van der Waals surface area contributed by atoms with Gasteiger partial charge in [-0.05, 0) is 42.0 Å². The number of carbonyl (C=O) groups is 1. The molecule has 0 saturated heterocycles. The smallest absolute Gasteiger partial charge is 0.247 e. The van der Waals surface area contributed by atoms with Crippen LogP contribution in [-0.4, -0.2) is 17.1 Å². The molecule has 0 heterocycles. The van der Waals surface area contributed by atoms with Gasteiger partial charge in [0.1, 0.15) is 11.8 Å². The van der Waals surface area contributed by atoms with Crippen LogP contribution < -0.4 is 10.6 Å². The van der Waals surface area contributed by atoms with Crippen molar-refractivity contribution in [3.8, 4) is 5.75 Å². The van der Waals surface area contributed by atoms with Crippen molar-refractivity contribution in [2.75, 3.05) is 10.6 Å². The lowest BCUT2D eigenvalue weighted by Crippen LogP contribution is -2.38. The minimum absolute atomic E-state index is 0.0475. The third kappa shape index (κ3) is 4.42.